The number of aryl methyl sites for hydroxylation is 1. The van der Waals surface area contributed by atoms with Gasteiger partial charge in [-0.1, -0.05) is 23.3 Å². The van der Waals surface area contributed by atoms with E-state index in [1.165, 1.54) is 0 Å². The summed E-state index contributed by atoms with van der Waals surface area (Å²) in [6.07, 6.45) is 4.64. The highest BCUT2D eigenvalue weighted by Crippen LogP contribution is 2.65. The van der Waals surface area contributed by atoms with Gasteiger partial charge in [-0.25, -0.2) is 0 Å². The second-order valence-corrected chi connectivity index (χ2v) is 10.5. The monoisotopic (exact) mass is 428 g/mol. The van der Waals surface area contributed by atoms with Gasteiger partial charge < -0.3 is 5.11 Å². The van der Waals surface area contributed by atoms with E-state index in [1.807, 2.05) is 26.8 Å². The molecule has 1 N–H and O–H groups in total. The second-order valence-electron chi connectivity index (χ2n) is 8.90. The van der Waals surface area contributed by atoms with Crippen molar-refractivity contribution in [2.45, 2.75) is 63.9 Å². The van der Waals surface area contributed by atoms with Crippen molar-refractivity contribution in [1.82, 2.24) is 0 Å². The predicted octanol–water partition coefficient (Wildman–Crippen LogP) is 4.17. The summed E-state index contributed by atoms with van der Waals surface area (Å²) in [4.78, 5) is 13.1. The number of rotatable bonds is 6. The van der Waals surface area contributed by atoms with E-state index in [-0.39, 0.29) is 17.3 Å². The molecule has 3 aliphatic rings. The number of fused-ring (bicyclic) bond motifs is 1. The van der Waals surface area contributed by atoms with Crippen LogP contribution in [0.15, 0.2) is 63.1 Å². The lowest BCUT2D eigenvalue weighted by Crippen LogP contribution is -2.49. The fraction of sp³-hybridized carbons (Fsp3) is 0.458. The van der Waals surface area contributed by atoms with Crippen LogP contribution in [-0.2, 0) is 19.1 Å². The minimum absolute atomic E-state index is 0.0749. The van der Waals surface area contributed by atoms with Crippen molar-refractivity contribution >= 4 is 15.9 Å². The molecular formula is C24H28O5S. The quantitative estimate of drug-likeness (QED) is 0.543. The molecular weight excluding hydrogens is 400 g/mol. The van der Waals surface area contributed by atoms with E-state index in [4.69, 9.17) is 4.18 Å². The molecule has 0 amide bonds. The summed E-state index contributed by atoms with van der Waals surface area (Å²) in [5, 5.41) is 10.9. The molecule has 1 atom stereocenters. The lowest BCUT2D eigenvalue weighted by atomic mass is 9.67. The van der Waals surface area contributed by atoms with E-state index in [9.17, 15) is 18.3 Å². The zero-order valence-corrected chi connectivity index (χ0v) is 18.7. The smallest absolute Gasteiger partial charge is 0.296 e. The zero-order chi connectivity index (χ0) is 21.9. The minimum Gasteiger partial charge on any atom is -0.381 e. The Hall–Kier alpha value is -2.02. The van der Waals surface area contributed by atoms with E-state index in [0.717, 1.165) is 40.7 Å². The van der Waals surface area contributed by atoms with Gasteiger partial charge >= 0.3 is 0 Å². The summed E-state index contributed by atoms with van der Waals surface area (Å²) in [5.74, 6) is -0.201. The standard InChI is InChI=1S/C24H28O5S/c1-15-7-9-18(10-8-15)30(27,28)29-13-5-6-19-16(2)14-20-21(19)17(3)24(11-12-24)23(4,26)22(20)25/h7-10,14,26H,5-6,11-13H2,1-4H3/t23-/m0/s1. The highest BCUT2D eigenvalue weighted by Gasteiger charge is 2.64. The Morgan fingerprint density at radius 1 is 1.10 bits per heavy atom. The molecule has 0 radical (unpaired) electrons. The Balaban J connectivity index is 1.47. The van der Waals surface area contributed by atoms with E-state index < -0.39 is 21.1 Å². The number of allylic oxidation sites excluding steroid dienone is 4. The molecule has 0 bridgehead atoms. The first-order valence-electron chi connectivity index (χ1n) is 10.4. The van der Waals surface area contributed by atoms with Crippen molar-refractivity contribution in [2.24, 2.45) is 5.41 Å². The van der Waals surface area contributed by atoms with Gasteiger partial charge in [0.05, 0.1) is 11.5 Å². The molecule has 0 aromatic heterocycles. The molecule has 0 aliphatic heterocycles. The molecule has 1 aromatic carbocycles. The van der Waals surface area contributed by atoms with Gasteiger partial charge in [0, 0.05) is 11.0 Å². The summed E-state index contributed by atoms with van der Waals surface area (Å²) >= 11 is 0. The molecule has 1 spiro atoms. The summed E-state index contributed by atoms with van der Waals surface area (Å²) < 4.78 is 30.0. The largest absolute Gasteiger partial charge is 0.381 e. The number of carbonyl (C=O) groups is 1. The van der Waals surface area contributed by atoms with Crippen molar-refractivity contribution < 1.29 is 22.5 Å². The first-order chi connectivity index (χ1) is 14.0. The molecule has 4 rings (SSSR count). The van der Waals surface area contributed by atoms with Gasteiger partial charge in [0.2, 0.25) is 0 Å². The molecule has 1 saturated carbocycles. The highest BCUT2D eigenvalue weighted by atomic mass is 32.2. The number of hydrogen-bond donors (Lipinski definition) is 1. The number of ketones is 1. The predicted molar refractivity (Wildman–Crippen MR) is 114 cm³/mol. The third kappa shape index (κ3) is 3.13. The SMILES string of the molecule is CC1=C(CCCOS(=O)(=O)c2ccc(C)cc2)C2=C(C)C3(CC3)[C@@](C)(O)C(=O)C2=C1. The van der Waals surface area contributed by atoms with Gasteiger partial charge in [0.1, 0.15) is 5.60 Å². The summed E-state index contributed by atoms with van der Waals surface area (Å²) in [6.45, 7) is 7.60. The maximum Gasteiger partial charge on any atom is 0.296 e. The van der Waals surface area contributed by atoms with Crippen LogP contribution in [0.4, 0.5) is 0 Å². The highest BCUT2D eigenvalue weighted by molar-refractivity contribution is 7.86. The van der Waals surface area contributed by atoms with Crippen LogP contribution in [0.2, 0.25) is 0 Å². The van der Waals surface area contributed by atoms with Crippen molar-refractivity contribution in [3.05, 3.63) is 63.8 Å². The normalized spacial score (nSPS) is 25.1. The van der Waals surface area contributed by atoms with Gasteiger partial charge in [-0.3, -0.25) is 8.98 Å². The minimum atomic E-state index is -3.78. The van der Waals surface area contributed by atoms with Gasteiger partial charge in [0.25, 0.3) is 10.1 Å². The number of aliphatic hydroxyl groups is 1. The number of carbonyl (C=O) groups excluding carboxylic acids is 1. The second kappa shape index (κ2) is 7.01. The Bertz CT molecular complexity index is 1110. The van der Waals surface area contributed by atoms with E-state index in [1.54, 1.807) is 31.2 Å². The number of hydrogen-bond acceptors (Lipinski definition) is 5. The molecule has 0 unspecified atom stereocenters. The van der Waals surface area contributed by atoms with Crippen LogP contribution in [0.5, 0.6) is 0 Å². The van der Waals surface area contributed by atoms with Crippen LogP contribution >= 0.6 is 0 Å². The van der Waals surface area contributed by atoms with E-state index in [0.29, 0.717) is 18.4 Å². The average molecular weight is 429 g/mol. The summed E-state index contributed by atoms with van der Waals surface area (Å²) in [7, 11) is -3.78. The summed E-state index contributed by atoms with van der Waals surface area (Å²) in [6, 6.07) is 6.59. The van der Waals surface area contributed by atoms with Crippen LogP contribution in [0.3, 0.4) is 0 Å². The molecule has 3 aliphatic carbocycles. The molecule has 5 nitrogen and oxygen atoms in total. The van der Waals surface area contributed by atoms with Gasteiger partial charge in [-0.05, 0) is 88.3 Å². The first kappa shape index (κ1) is 21.2. The topological polar surface area (TPSA) is 80.7 Å². The molecule has 30 heavy (non-hydrogen) atoms. The maximum atomic E-state index is 13.0. The zero-order valence-electron chi connectivity index (χ0n) is 17.9. The summed E-state index contributed by atoms with van der Waals surface area (Å²) in [5.41, 5.74) is 3.89. The van der Waals surface area contributed by atoms with Crippen LogP contribution in [-0.4, -0.2) is 31.5 Å². The molecule has 160 valence electrons. The van der Waals surface area contributed by atoms with Crippen LogP contribution in [0, 0.1) is 12.3 Å². The van der Waals surface area contributed by atoms with Crippen molar-refractivity contribution in [3.63, 3.8) is 0 Å². The Morgan fingerprint density at radius 3 is 2.33 bits per heavy atom. The maximum absolute atomic E-state index is 13.0. The molecule has 0 heterocycles. The van der Waals surface area contributed by atoms with Gasteiger partial charge in [0.15, 0.2) is 5.78 Å². The lowest BCUT2D eigenvalue weighted by molar-refractivity contribution is -0.137. The molecule has 0 saturated heterocycles. The Labute approximate surface area is 178 Å². The van der Waals surface area contributed by atoms with Gasteiger partial charge in [-0.15, -0.1) is 0 Å². The molecule has 1 fully saturated rings. The van der Waals surface area contributed by atoms with E-state index >= 15 is 0 Å². The Morgan fingerprint density at radius 2 is 1.73 bits per heavy atom. The molecule has 1 aromatic rings. The van der Waals surface area contributed by atoms with Crippen molar-refractivity contribution in [3.8, 4) is 0 Å². The lowest BCUT2D eigenvalue weighted by Gasteiger charge is -2.39. The molecule has 6 heteroatoms. The third-order valence-electron chi connectivity index (χ3n) is 6.99. The fourth-order valence-electron chi connectivity index (χ4n) is 4.93. The van der Waals surface area contributed by atoms with Crippen LogP contribution in [0.1, 0.15) is 52.0 Å². The van der Waals surface area contributed by atoms with Crippen LogP contribution in [0.25, 0.3) is 0 Å². The van der Waals surface area contributed by atoms with Gasteiger partial charge in [-0.2, -0.15) is 8.42 Å². The first-order valence-corrected chi connectivity index (χ1v) is 11.8. The van der Waals surface area contributed by atoms with E-state index in [2.05, 4.69) is 0 Å². The average Bonchev–Trinajstić information content (AvgIpc) is 3.44. The third-order valence-corrected chi connectivity index (χ3v) is 8.32. The fourth-order valence-corrected chi connectivity index (χ4v) is 5.87. The number of Topliss-reactive ketones (excluding diaryl/α,β-unsaturated/α-hetero) is 1. The van der Waals surface area contributed by atoms with Crippen LogP contribution < -0.4 is 0 Å². The van der Waals surface area contributed by atoms with Crippen molar-refractivity contribution in [2.75, 3.05) is 6.61 Å². The van der Waals surface area contributed by atoms with Crippen molar-refractivity contribution in [1.29, 1.82) is 0 Å². The Kier molecular flexibility index (Phi) is 4.96. The number of benzene rings is 1.